The molecule has 1 fully saturated rings. The first kappa shape index (κ1) is 18.4. The second-order valence-electron chi connectivity index (χ2n) is 6.08. The van der Waals surface area contributed by atoms with Crippen LogP contribution in [0.4, 0.5) is 9.18 Å². The van der Waals surface area contributed by atoms with Crippen LogP contribution in [0.25, 0.3) is 10.4 Å². The summed E-state index contributed by atoms with van der Waals surface area (Å²) in [6.07, 6.45) is 1.08. The third-order valence-electron chi connectivity index (χ3n) is 4.33. The van der Waals surface area contributed by atoms with Gasteiger partial charge < -0.3 is 15.0 Å². The number of hydrogen-bond donors (Lipinski definition) is 1. The molecule has 1 N–H and O–H groups in total. The molecular formula is C19H21FN2O3S. The number of nitrogens with zero attached hydrogens (tertiary/aromatic N) is 1. The molecule has 0 aliphatic carbocycles. The van der Waals surface area contributed by atoms with Crippen molar-refractivity contribution in [3.05, 3.63) is 47.1 Å². The third-order valence-corrected chi connectivity index (χ3v) is 5.44. The monoisotopic (exact) mass is 376 g/mol. The minimum absolute atomic E-state index is 0.0205. The number of carbonyl (C=O) groups excluding carboxylic acids is 2. The molecule has 1 aliphatic rings. The van der Waals surface area contributed by atoms with Crippen LogP contribution in [-0.2, 0) is 4.74 Å². The van der Waals surface area contributed by atoms with Crippen LogP contribution in [0.1, 0.15) is 29.4 Å². The number of piperidine rings is 1. The Labute approximate surface area is 155 Å². The Morgan fingerprint density at radius 1 is 1.23 bits per heavy atom. The van der Waals surface area contributed by atoms with Crippen LogP contribution in [0, 0.1) is 5.82 Å². The number of benzene rings is 1. The van der Waals surface area contributed by atoms with Crippen LogP contribution in [0.3, 0.4) is 0 Å². The van der Waals surface area contributed by atoms with E-state index in [1.54, 1.807) is 42.2 Å². The molecule has 1 aromatic carbocycles. The van der Waals surface area contributed by atoms with Gasteiger partial charge in [0.15, 0.2) is 0 Å². The lowest BCUT2D eigenvalue weighted by Gasteiger charge is -2.31. The summed E-state index contributed by atoms with van der Waals surface area (Å²) in [6, 6.07) is 10.0. The molecule has 2 heterocycles. The number of nitrogens with one attached hydrogen (secondary N) is 1. The number of hydrogen-bond acceptors (Lipinski definition) is 4. The molecule has 1 saturated heterocycles. The molecule has 26 heavy (non-hydrogen) atoms. The predicted molar refractivity (Wildman–Crippen MR) is 98.8 cm³/mol. The Balaban J connectivity index is 1.57. The van der Waals surface area contributed by atoms with E-state index in [0.717, 1.165) is 4.88 Å². The van der Waals surface area contributed by atoms with Gasteiger partial charge in [-0.3, -0.25) is 4.79 Å². The van der Waals surface area contributed by atoms with E-state index >= 15 is 0 Å². The summed E-state index contributed by atoms with van der Waals surface area (Å²) < 4.78 is 18.9. The molecule has 2 aromatic rings. The molecule has 0 radical (unpaired) electrons. The number of thiophene rings is 1. The number of likely N-dealkylation sites (tertiary alicyclic amines) is 1. The molecule has 1 aliphatic heterocycles. The van der Waals surface area contributed by atoms with Gasteiger partial charge in [-0.1, -0.05) is 18.2 Å². The van der Waals surface area contributed by atoms with Gasteiger partial charge in [0, 0.05) is 29.6 Å². The van der Waals surface area contributed by atoms with Crippen molar-refractivity contribution in [1.29, 1.82) is 0 Å². The number of ether oxygens (including phenoxy) is 1. The number of carbonyl (C=O) groups is 2. The Hall–Kier alpha value is -2.41. The number of halogens is 1. The molecule has 7 heteroatoms. The largest absolute Gasteiger partial charge is 0.450 e. The summed E-state index contributed by atoms with van der Waals surface area (Å²) in [5.74, 6) is -0.459. The van der Waals surface area contributed by atoms with E-state index in [2.05, 4.69) is 5.32 Å². The molecular weight excluding hydrogens is 355 g/mol. The third kappa shape index (κ3) is 4.22. The van der Waals surface area contributed by atoms with Gasteiger partial charge in [0.1, 0.15) is 5.82 Å². The maximum Gasteiger partial charge on any atom is 0.409 e. The SMILES string of the molecule is CCOC(=O)N1CCC(NC(=O)c2ccc(-c3ccccc3F)s2)CC1. The van der Waals surface area contributed by atoms with Crippen LogP contribution in [-0.4, -0.2) is 42.6 Å². The smallest absolute Gasteiger partial charge is 0.409 e. The Morgan fingerprint density at radius 3 is 2.65 bits per heavy atom. The van der Waals surface area contributed by atoms with Gasteiger partial charge in [-0.05, 0) is 38.0 Å². The minimum atomic E-state index is -0.301. The lowest BCUT2D eigenvalue weighted by atomic mass is 10.1. The van der Waals surface area contributed by atoms with Crippen LogP contribution in [0.2, 0.25) is 0 Å². The van der Waals surface area contributed by atoms with Crippen LogP contribution in [0.5, 0.6) is 0 Å². The molecule has 0 spiro atoms. The van der Waals surface area contributed by atoms with E-state index < -0.39 is 0 Å². The summed E-state index contributed by atoms with van der Waals surface area (Å²) in [5.41, 5.74) is 0.499. The first-order valence-electron chi connectivity index (χ1n) is 8.65. The topological polar surface area (TPSA) is 58.6 Å². The first-order chi connectivity index (χ1) is 12.6. The molecule has 0 atom stereocenters. The lowest BCUT2D eigenvalue weighted by Crippen LogP contribution is -2.46. The van der Waals surface area contributed by atoms with E-state index in [4.69, 9.17) is 4.74 Å². The average molecular weight is 376 g/mol. The van der Waals surface area contributed by atoms with E-state index in [1.807, 2.05) is 0 Å². The summed E-state index contributed by atoms with van der Waals surface area (Å²) in [6.45, 7) is 3.27. The molecule has 0 unspecified atom stereocenters. The van der Waals surface area contributed by atoms with Crippen molar-refractivity contribution in [2.24, 2.45) is 0 Å². The minimum Gasteiger partial charge on any atom is -0.450 e. The Bertz CT molecular complexity index is 785. The summed E-state index contributed by atoms with van der Waals surface area (Å²) in [7, 11) is 0. The van der Waals surface area contributed by atoms with Gasteiger partial charge in [0.25, 0.3) is 5.91 Å². The highest BCUT2D eigenvalue weighted by Gasteiger charge is 2.25. The van der Waals surface area contributed by atoms with Crippen molar-refractivity contribution < 1.29 is 18.7 Å². The van der Waals surface area contributed by atoms with Crippen molar-refractivity contribution in [3.63, 3.8) is 0 Å². The second-order valence-corrected chi connectivity index (χ2v) is 7.16. The Morgan fingerprint density at radius 2 is 1.96 bits per heavy atom. The molecule has 5 nitrogen and oxygen atoms in total. The van der Waals surface area contributed by atoms with Crippen molar-refractivity contribution >= 4 is 23.3 Å². The van der Waals surface area contributed by atoms with E-state index in [1.165, 1.54) is 17.4 Å². The van der Waals surface area contributed by atoms with E-state index in [0.29, 0.717) is 43.0 Å². The number of amides is 2. The maximum atomic E-state index is 13.9. The van der Waals surface area contributed by atoms with Crippen LogP contribution >= 0.6 is 11.3 Å². The van der Waals surface area contributed by atoms with Crippen LogP contribution < -0.4 is 5.32 Å². The van der Waals surface area contributed by atoms with Gasteiger partial charge in [-0.25, -0.2) is 9.18 Å². The predicted octanol–water partition coefficient (Wildman–Crippen LogP) is 3.90. The van der Waals surface area contributed by atoms with Gasteiger partial charge in [-0.2, -0.15) is 0 Å². The fraction of sp³-hybridized carbons (Fsp3) is 0.368. The highest BCUT2D eigenvalue weighted by atomic mass is 32.1. The zero-order chi connectivity index (χ0) is 18.5. The first-order valence-corrected chi connectivity index (χ1v) is 9.47. The summed E-state index contributed by atoms with van der Waals surface area (Å²) >= 11 is 1.27. The van der Waals surface area contributed by atoms with Crippen molar-refractivity contribution in [2.75, 3.05) is 19.7 Å². The van der Waals surface area contributed by atoms with Crippen molar-refractivity contribution in [1.82, 2.24) is 10.2 Å². The zero-order valence-electron chi connectivity index (χ0n) is 14.5. The van der Waals surface area contributed by atoms with Gasteiger partial charge in [0.05, 0.1) is 11.5 Å². The molecule has 0 saturated carbocycles. The normalized spacial score (nSPS) is 14.9. The summed E-state index contributed by atoms with van der Waals surface area (Å²) in [5, 5.41) is 3.00. The second kappa shape index (κ2) is 8.31. The highest BCUT2D eigenvalue weighted by Crippen LogP contribution is 2.30. The van der Waals surface area contributed by atoms with Gasteiger partial charge in [-0.15, -0.1) is 11.3 Å². The quantitative estimate of drug-likeness (QED) is 0.880. The van der Waals surface area contributed by atoms with Crippen LogP contribution in [0.15, 0.2) is 36.4 Å². The van der Waals surface area contributed by atoms with Crippen molar-refractivity contribution in [3.8, 4) is 10.4 Å². The molecule has 1 aromatic heterocycles. The lowest BCUT2D eigenvalue weighted by molar-refractivity contribution is 0.0862. The fourth-order valence-electron chi connectivity index (χ4n) is 2.94. The standard InChI is InChI=1S/C19H21FN2O3S/c1-2-25-19(24)22-11-9-13(10-12-22)21-18(23)17-8-7-16(26-17)14-5-3-4-6-15(14)20/h3-8,13H,2,9-12H2,1H3,(H,21,23). The zero-order valence-corrected chi connectivity index (χ0v) is 15.4. The molecule has 2 amide bonds. The Kier molecular flexibility index (Phi) is 5.88. The highest BCUT2D eigenvalue weighted by molar-refractivity contribution is 7.17. The van der Waals surface area contributed by atoms with E-state index in [-0.39, 0.29) is 23.9 Å². The maximum absolute atomic E-state index is 13.9. The van der Waals surface area contributed by atoms with Crippen molar-refractivity contribution in [2.45, 2.75) is 25.8 Å². The molecule has 138 valence electrons. The summed E-state index contributed by atoms with van der Waals surface area (Å²) in [4.78, 5) is 27.1. The molecule has 0 bridgehead atoms. The average Bonchev–Trinajstić information content (AvgIpc) is 3.13. The molecule has 3 rings (SSSR count). The van der Waals surface area contributed by atoms with Gasteiger partial charge >= 0.3 is 6.09 Å². The number of rotatable bonds is 4. The van der Waals surface area contributed by atoms with Gasteiger partial charge in [0.2, 0.25) is 0 Å². The fourth-order valence-corrected chi connectivity index (χ4v) is 3.88. The van der Waals surface area contributed by atoms with E-state index in [9.17, 15) is 14.0 Å².